The predicted molar refractivity (Wildman–Crippen MR) is 128 cm³/mol. The topological polar surface area (TPSA) is 167 Å². The van der Waals surface area contributed by atoms with Crippen molar-refractivity contribution < 1.29 is 14.8 Å². The normalized spacial score (nSPS) is 11.4. The van der Waals surface area contributed by atoms with Gasteiger partial charge in [0, 0.05) is 26.4 Å². The number of benzene rings is 2. The first kappa shape index (κ1) is 23.2. The largest absolute Gasteiger partial charge is 0.494 e. The van der Waals surface area contributed by atoms with Crippen molar-refractivity contribution in [2.75, 3.05) is 6.61 Å². The molecule has 2 aromatic carbocycles. The van der Waals surface area contributed by atoms with E-state index >= 15 is 0 Å². The van der Waals surface area contributed by atoms with E-state index in [9.17, 15) is 29.6 Å². The molecule has 35 heavy (non-hydrogen) atoms. The van der Waals surface area contributed by atoms with E-state index in [1.54, 1.807) is 12.1 Å². The number of rotatable bonds is 6. The third-order valence-electron chi connectivity index (χ3n) is 5.42. The van der Waals surface area contributed by atoms with Crippen LogP contribution in [-0.2, 0) is 14.1 Å². The molecule has 13 nitrogen and oxygen atoms in total. The fourth-order valence-electron chi connectivity index (χ4n) is 3.66. The molecular weight excluding hydrogens is 460 g/mol. The van der Waals surface area contributed by atoms with Crippen LogP contribution in [0.15, 0.2) is 55.8 Å². The molecule has 0 saturated carbocycles. The highest BCUT2D eigenvalue weighted by Gasteiger charge is 2.20. The number of aryl methyl sites for hydroxylation is 2. The Kier molecular flexibility index (Phi) is 5.82. The van der Waals surface area contributed by atoms with E-state index in [-0.39, 0.29) is 17.1 Å². The maximum Gasteiger partial charge on any atom is 0.335 e. The zero-order valence-electron chi connectivity index (χ0n) is 18.9. The van der Waals surface area contributed by atoms with E-state index in [2.05, 4.69) is 9.98 Å². The summed E-state index contributed by atoms with van der Waals surface area (Å²) >= 11 is 0. The van der Waals surface area contributed by atoms with Crippen LogP contribution in [0.5, 0.6) is 11.6 Å². The van der Waals surface area contributed by atoms with Gasteiger partial charge in [-0.15, -0.1) is 0 Å². The number of aromatic hydroxyl groups is 1. The molecule has 0 unspecified atom stereocenters. The van der Waals surface area contributed by atoms with E-state index in [0.717, 1.165) is 10.8 Å². The van der Waals surface area contributed by atoms with Gasteiger partial charge in [-0.3, -0.25) is 29.0 Å². The lowest BCUT2D eigenvalue weighted by molar-refractivity contribution is -0.383. The van der Waals surface area contributed by atoms with Gasteiger partial charge in [0.2, 0.25) is 5.88 Å². The Bertz CT molecular complexity index is 1670. The van der Waals surface area contributed by atoms with E-state index in [1.165, 1.54) is 47.5 Å². The lowest BCUT2D eigenvalue weighted by atomic mass is 10.2. The summed E-state index contributed by atoms with van der Waals surface area (Å²) in [5.41, 5.74) is -2.21. The number of ether oxygens (including phenoxy) is 1. The third kappa shape index (κ3) is 3.99. The van der Waals surface area contributed by atoms with Gasteiger partial charge in [0.05, 0.1) is 28.3 Å². The number of H-pyrrole nitrogens is 1. The van der Waals surface area contributed by atoms with Crippen LogP contribution in [0.25, 0.3) is 16.7 Å². The summed E-state index contributed by atoms with van der Waals surface area (Å²) in [6.07, 6.45) is 0.924. The Morgan fingerprint density at radius 3 is 2.34 bits per heavy atom. The lowest BCUT2D eigenvalue weighted by Crippen LogP contribution is -2.31. The Morgan fingerprint density at radius 2 is 1.74 bits per heavy atom. The molecule has 0 radical (unpaired) electrons. The van der Waals surface area contributed by atoms with Crippen LogP contribution in [0, 0.1) is 10.1 Å². The first-order chi connectivity index (χ1) is 16.6. The van der Waals surface area contributed by atoms with E-state index in [1.807, 2.05) is 6.92 Å². The minimum absolute atomic E-state index is 0.152. The average molecular weight is 480 g/mol. The number of nitro groups is 1. The summed E-state index contributed by atoms with van der Waals surface area (Å²) < 4.78 is 8.78. The summed E-state index contributed by atoms with van der Waals surface area (Å²) in [5.74, 6) is -0.157. The van der Waals surface area contributed by atoms with E-state index < -0.39 is 33.3 Å². The van der Waals surface area contributed by atoms with E-state index in [4.69, 9.17) is 4.74 Å². The van der Waals surface area contributed by atoms with Gasteiger partial charge in [0.1, 0.15) is 17.0 Å². The quantitative estimate of drug-likeness (QED) is 0.239. The number of nitrogens with one attached hydrogen (secondary N) is 1. The zero-order chi connectivity index (χ0) is 25.4. The number of hydrogen-bond donors (Lipinski definition) is 2. The third-order valence-corrected chi connectivity index (χ3v) is 5.42. The molecule has 0 fully saturated rings. The van der Waals surface area contributed by atoms with Crippen molar-refractivity contribution in [3.63, 3.8) is 0 Å². The Hall–Kier alpha value is -4.94. The van der Waals surface area contributed by atoms with Crippen molar-refractivity contribution in [1.29, 1.82) is 0 Å². The molecular formula is C22H20N6O7. The van der Waals surface area contributed by atoms with Crippen molar-refractivity contribution >= 4 is 28.6 Å². The van der Waals surface area contributed by atoms with E-state index in [0.29, 0.717) is 23.4 Å². The number of aromatic amines is 1. The van der Waals surface area contributed by atoms with Gasteiger partial charge < -0.3 is 9.84 Å². The van der Waals surface area contributed by atoms with Gasteiger partial charge in [-0.2, -0.15) is 0 Å². The summed E-state index contributed by atoms with van der Waals surface area (Å²) in [6, 6.07) is 8.74. The van der Waals surface area contributed by atoms with Crippen molar-refractivity contribution in [2.45, 2.75) is 6.92 Å². The molecule has 4 aromatic rings. The minimum Gasteiger partial charge on any atom is -0.494 e. The smallest absolute Gasteiger partial charge is 0.335 e. The number of aromatic nitrogens is 4. The number of nitro benzene ring substituents is 1. The predicted octanol–water partition coefficient (Wildman–Crippen LogP) is 1.48. The first-order valence-electron chi connectivity index (χ1n) is 10.3. The van der Waals surface area contributed by atoms with Crippen LogP contribution in [-0.4, -0.2) is 41.5 Å². The molecule has 0 aliphatic carbocycles. The monoisotopic (exact) mass is 480 g/mol. The SMILES string of the molecule is CCOc1ccc(-n2c(O)c(C=Nc3cc4c(cc3[N+](=O)[O-])n(C)c(=O)n4C)c(=O)[nH]c2=O)cc1. The standard InChI is InChI=1S/C22H20N6O7/c1-4-35-13-7-5-12(6-8-13)27-20(30)14(19(29)24-21(27)31)11-23-15-9-17-18(10-16(15)28(33)34)26(3)22(32)25(17)2/h5-11,30H,4H2,1-3H3,(H,24,29,31). The molecule has 0 aliphatic heterocycles. The Morgan fingerprint density at radius 1 is 1.11 bits per heavy atom. The van der Waals surface area contributed by atoms with Gasteiger partial charge in [-0.05, 0) is 37.3 Å². The number of nitrogens with zero attached hydrogens (tertiary/aromatic N) is 5. The molecule has 4 rings (SSSR count). The van der Waals surface area contributed by atoms with Gasteiger partial charge in [-0.25, -0.2) is 19.1 Å². The number of imidazole rings is 1. The molecule has 180 valence electrons. The second kappa shape index (κ2) is 8.78. The maximum atomic E-state index is 12.4. The van der Waals surface area contributed by atoms with Crippen molar-refractivity contribution in [3.05, 3.63) is 83.4 Å². The molecule has 0 amide bonds. The molecule has 0 bridgehead atoms. The second-order valence-corrected chi connectivity index (χ2v) is 7.50. The van der Waals surface area contributed by atoms with Gasteiger partial charge >= 0.3 is 11.4 Å². The fourth-order valence-corrected chi connectivity index (χ4v) is 3.66. The summed E-state index contributed by atoms with van der Waals surface area (Å²) in [4.78, 5) is 54.1. The van der Waals surface area contributed by atoms with Crippen LogP contribution in [0.3, 0.4) is 0 Å². The van der Waals surface area contributed by atoms with Crippen LogP contribution >= 0.6 is 0 Å². The van der Waals surface area contributed by atoms with Gasteiger partial charge in [-0.1, -0.05) is 0 Å². The minimum atomic E-state index is -0.936. The fraction of sp³-hybridized carbons (Fsp3) is 0.182. The molecule has 0 atom stereocenters. The highest BCUT2D eigenvalue weighted by Crippen LogP contribution is 2.32. The molecule has 0 saturated heterocycles. The Labute approximate surface area is 195 Å². The average Bonchev–Trinajstić information content (AvgIpc) is 3.02. The Balaban J connectivity index is 1.86. The first-order valence-corrected chi connectivity index (χ1v) is 10.3. The van der Waals surface area contributed by atoms with Crippen LogP contribution in [0.1, 0.15) is 12.5 Å². The molecule has 2 N–H and O–H groups in total. The molecule has 13 heteroatoms. The molecule has 2 heterocycles. The zero-order valence-corrected chi connectivity index (χ0v) is 18.9. The summed E-state index contributed by atoms with van der Waals surface area (Å²) in [6.45, 7) is 2.26. The second-order valence-electron chi connectivity index (χ2n) is 7.50. The summed E-state index contributed by atoms with van der Waals surface area (Å²) in [5, 5.41) is 22.4. The van der Waals surface area contributed by atoms with Crippen LogP contribution < -0.4 is 21.7 Å². The number of hydrogen-bond acceptors (Lipinski definition) is 8. The van der Waals surface area contributed by atoms with Crippen molar-refractivity contribution in [3.8, 4) is 17.3 Å². The number of fused-ring (bicyclic) bond motifs is 1. The van der Waals surface area contributed by atoms with Crippen molar-refractivity contribution in [1.82, 2.24) is 18.7 Å². The van der Waals surface area contributed by atoms with Gasteiger partial charge in [0.15, 0.2) is 0 Å². The molecule has 2 aromatic heterocycles. The number of aliphatic imine (C=N–C) groups is 1. The van der Waals surface area contributed by atoms with Crippen LogP contribution in [0.2, 0.25) is 0 Å². The highest BCUT2D eigenvalue weighted by atomic mass is 16.6. The maximum absolute atomic E-state index is 12.4. The summed E-state index contributed by atoms with van der Waals surface area (Å²) in [7, 11) is 2.99. The molecule has 0 aliphatic rings. The van der Waals surface area contributed by atoms with Crippen LogP contribution in [0.4, 0.5) is 11.4 Å². The van der Waals surface area contributed by atoms with Crippen molar-refractivity contribution in [2.24, 2.45) is 19.1 Å². The molecule has 0 spiro atoms. The van der Waals surface area contributed by atoms with Gasteiger partial charge in [0.25, 0.3) is 11.2 Å². The lowest BCUT2D eigenvalue weighted by Gasteiger charge is -2.10. The highest BCUT2D eigenvalue weighted by molar-refractivity contribution is 5.89.